The Balaban J connectivity index is 1.94. The van der Waals surface area contributed by atoms with Crippen molar-refractivity contribution < 1.29 is 31.2 Å². The van der Waals surface area contributed by atoms with Crippen LogP contribution in [0.2, 0.25) is 0 Å². The molecule has 7 nitrogen and oxygen atoms in total. The number of hydrogen-bond acceptors (Lipinski definition) is 4. The van der Waals surface area contributed by atoms with Crippen LogP contribution < -0.4 is 10.0 Å². The number of nitrogens with one attached hydrogen (secondary N) is 2. The predicted molar refractivity (Wildman–Crippen MR) is 94.2 cm³/mol. The van der Waals surface area contributed by atoms with Gasteiger partial charge in [0.15, 0.2) is 4.90 Å². The zero-order chi connectivity index (χ0) is 20.9. The van der Waals surface area contributed by atoms with Crippen molar-refractivity contribution in [2.24, 2.45) is 0 Å². The average molecular weight is 415 g/mol. The van der Waals surface area contributed by atoms with E-state index >= 15 is 0 Å². The fourth-order valence-corrected chi connectivity index (χ4v) is 3.28. The number of benzene rings is 2. The van der Waals surface area contributed by atoms with Gasteiger partial charge in [0, 0.05) is 12.7 Å². The van der Waals surface area contributed by atoms with Gasteiger partial charge in [-0.1, -0.05) is 12.1 Å². The van der Waals surface area contributed by atoms with Crippen molar-refractivity contribution in [3.63, 3.8) is 0 Å². The van der Waals surface area contributed by atoms with Gasteiger partial charge in [0.05, 0.1) is 13.1 Å². The maximum absolute atomic E-state index is 13.6. The van der Waals surface area contributed by atoms with Gasteiger partial charge in [0.1, 0.15) is 17.5 Å². The van der Waals surface area contributed by atoms with Crippen LogP contribution in [0.5, 0.6) is 0 Å². The molecule has 11 heteroatoms. The summed E-state index contributed by atoms with van der Waals surface area (Å²) in [7, 11) is -3.39. The van der Waals surface area contributed by atoms with Crippen LogP contribution in [0.15, 0.2) is 47.4 Å². The van der Waals surface area contributed by atoms with Gasteiger partial charge < -0.3 is 10.2 Å². The van der Waals surface area contributed by atoms with Crippen molar-refractivity contribution in [3.05, 3.63) is 59.9 Å². The maximum Gasteiger partial charge on any atom is 0.246 e. The van der Waals surface area contributed by atoms with Crippen LogP contribution in [0, 0.1) is 17.5 Å². The lowest BCUT2D eigenvalue weighted by Gasteiger charge is -2.17. The Morgan fingerprint density at radius 3 is 2.25 bits per heavy atom. The molecule has 0 spiro atoms. The molecule has 2 amide bonds. The van der Waals surface area contributed by atoms with E-state index in [1.54, 1.807) is 4.72 Å². The summed E-state index contributed by atoms with van der Waals surface area (Å²) >= 11 is 0. The van der Waals surface area contributed by atoms with Gasteiger partial charge in [-0.3, -0.25) is 9.59 Å². The molecule has 2 rings (SSSR count). The summed E-state index contributed by atoms with van der Waals surface area (Å²) < 4.78 is 66.1. The van der Waals surface area contributed by atoms with Gasteiger partial charge >= 0.3 is 0 Å². The zero-order valence-corrected chi connectivity index (χ0v) is 15.4. The molecule has 28 heavy (non-hydrogen) atoms. The summed E-state index contributed by atoms with van der Waals surface area (Å²) in [5.74, 6) is -4.64. The Bertz CT molecular complexity index is 979. The van der Waals surface area contributed by atoms with Gasteiger partial charge in [0.2, 0.25) is 21.8 Å². The number of carbonyl (C=O) groups excluding carboxylic acids is 2. The summed E-state index contributed by atoms with van der Waals surface area (Å²) in [6.07, 6.45) is 0. The van der Waals surface area contributed by atoms with Gasteiger partial charge in [-0.25, -0.2) is 26.3 Å². The van der Waals surface area contributed by atoms with E-state index in [9.17, 15) is 31.2 Å². The van der Waals surface area contributed by atoms with E-state index in [0.29, 0.717) is 0 Å². The topological polar surface area (TPSA) is 95.6 Å². The SMILES string of the molecule is CN(CC(=O)Nc1cccc(F)c1)C(=O)CNS(=O)(=O)c1c(F)cccc1F. The quantitative estimate of drug-likeness (QED) is 0.716. The molecular weight excluding hydrogens is 399 g/mol. The molecule has 0 radical (unpaired) electrons. The Kier molecular flexibility index (Phi) is 6.75. The second kappa shape index (κ2) is 8.85. The number of rotatable bonds is 7. The Morgan fingerprint density at radius 1 is 1.04 bits per heavy atom. The first-order valence-corrected chi connectivity index (χ1v) is 9.31. The number of likely N-dealkylation sites (N-methyl/N-ethyl adjacent to an activating group) is 1. The van der Waals surface area contributed by atoms with E-state index < -0.39 is 57.3 Å². The average Bonchev–Trinajstić information content (AvgIpc) is 2.59. The molecular formula is C17H16F3N3O4S. The van der Waals surface area contributed by atoms with E-state index in [2.05, 4.69) is 5.32 Å². The van der Waals surface area contributed by atoms with Crippen LogP contribution >= 0.6 is 0 Å². The molecule has 0 heterocycles. The molecule has 2 aromatic carbocycles. The lowest BCUT2D eigenvalue weighted by Crippen LogP contribution is -2.41. The van der Waals surface area contributed by atoms with Crippen molar-refractivity contribution in [1.29, 1.82) is 0 Å². The maximum atomic E-state index is 13.6. The predicted octanol–water partition coefficient (Wildman–Crippen LogP) is 1.48. The van der Waals surface area contributed by atoms with Gasteiger partial charge in [-0.2, -0.15) is 0 Å². The summed E-state index contributed by atoms with van der Waals surface area (Å²) in [6.45, 7) is -1.27. The molecule has 2 N–H and O–H groups in total. The number of nitrogens with zero attached hydrogens (tertiary/aromatic N) is 1. The Labute approximate surface area is 159 Å². The van der Waals surface area contributed by atoms with Crippen molar-refractivity contribution in [1.82, 2.24) is 9.62 Å². The summed E-state index contributed by atoms with van der Waals surface area (Å²) in [5, 5.41) is 2.37. The van der Waals surface area contributed by atoms with E-state index in [1.807, 2.05) is 0 Å². The number of halogens is 3. The Hall–Kier alpha value is -2.92. The monoisotopic (exact) mass is 415 g/mol. The molecule has 0 saturated carbocycles. The number of hydrogen-bond donors (Lipinski definition) is 2. The van der Waals surface area contributed by atoms with E-state index in [4.69, 9.17) is 0 Å². The molecule has 0 atom stereocenters. The number of amides is 2. The largest absolute Gasteiger partial charge is 0.335 e. The van der Waals surface area contributed by atoms with E-state index in [1.165, 1.54) is 25.2 Å². The third kappa shape index (κ3) is 5.54. The molecule has 0 bridgehead atoms. The van der Waals surface area contributed by atoms with Crippen LogP contribution in [0.4, 0.5) is 18.9 Å². The third-order valence-electron chi connectivity index (χ3n) is 3.52. The second-order valence-corrected chi connectivity index (χ2v) is 7.39. The van der Waals surface area contributed by atoms with Crippen molar-refractivity contribution in [3.8, 4) is 0 Å². The van der Waals surface area contributed by atoms with E-state index in [0.717, 1.165) is 29.2 Å². The van der Waals surface area contributed by atoms with Gasteiger partial charge in [-0.05, 0) is 30.3 Å². The summed E-state index contributed by atoms with van der Waals surface area (Å²) in [5.41, 5.74) is 0.182. The summed E-state index contributed by atoms with van der Waals surface area (Å²) in [6, 6.07) is 7.63. The third-order valence-corrected chi connectivity index (χ3v) is 4.97. The highest BCUT2D eigenvalue weighted by atomic mass is 32.2. The van der Waals surface area contributed by atoms with Crippen LogP contribution in [0.1, 0.15) is 0 Å². The normalized spacial score (nSPS) is 11.1. The molecule has 0 aliphatic rings. The first kappa shape index (κ1) is 21.4. The fraction of sp³-hybridized carbons (Fsp3) is 0.176. The summed E-state index contributed by atoms with van der Waals surface area (Å²) in [4.78, 5) is 23.6. The molecule has 2 aromatic rings. The molecule has 150 valence electrons. The molecule has 0 saturated heterocycles. The van der Waals surface area contributed by atoms with Crippen LogP contribution in [0.3, 0.4) is 0 Å². The smallest absolute Gasteiger partial charge is 0.246 e. The first-order valence-electron chi connectivity index (χ1n) is 7.83. The van der Waals surface area contributed by atoms with Gasteiger partial charge in [0.25, 0.3) is 0 Å². The number of anilines is 1. The molecule has 0 fully saturated rings. The van der Waals surface area contributed by atoms with Crippen LogP contribution in [-0.2, 0) is 19.6 Å². The fourth-order valence-electron chi connectivity index (χ4n) is 2.17. The highest BCUT2D eigenvalue weighted by Crippen LogP contribution is 2.17. The Morgan fingerprint density at radius 2 is 1.64 bits per heavy atom. The van der Waals surface area contributed by atoms with Crippen molar-refractivity contribution in [2.45, 2.75) is 4.90 Å². The second-order valence-electron chi connectivity index (χ2n) is 5.68. The van der Waals surface area contributed by atoms with Crippen LogP contribution in [0.25, 0.3) is 0 Å². The minimum atomic E-state index is -4.62. The van der Waals surface area contributed by atoms with Crippen molar-refractivity contribution >= 4 is 27.5 Å². The zero-order valence-electron chi connectivity index (χ0n) is 14.6. The van der Waals surface area contributed by atoms with E-state index in [-0.39, 0.29) is 5.69 Å². The number of carbonyl (C=O) groups is 2. The minimum Gasteiger partial charge on any atom is -0.335 e. The highest BCUT2D eigenvalue weighted by Gasteiger charge is 2.25. The highest BCUT2D eigenvalue weighted by molar-refractivity contribution is 7.89. The van der Waals surface area contributed by atoms with Crippen LogP contribution in [-0.4, -0.2) is 45.3 Å². The standard InChI is InChI=1S/C17H16F3N3O4S/c1-23(10-15(24)22-12-5-2-4-11(18)8-12)16(25)9-21-28(26,27)17-13(19)6-3-7-14(17)20/h2-8,21H,9-10H2,1H3,(H,22,24). The van der Waals surface area contributed by atoms with Gasteiger partial charge in [-0.15, -0.1) is 0 Å². The first-order chi connectivity index (χ1) is 13.1. The molecule has 0 aromatic heterocycles. The lowest BCUT2D eigenvalue weighted by molar-refractivity contribution is -0.132. The van der Waals surface area contributed by atoms with Crippen molar-refractivity contribution in [2.75, 3.05) is 25.5 Å². The molecule has 0 aliphatic heterocycles. The molecule has 0 aliphatic carbocycles. The number of sulfonamides is 1. The minimum absolute atomic E-state index is 0.182. The lowest BCUT2D eigenvalue weighted by atomic mass is 10.3. The molecule has 0 unspecified atom stereocenters.